The van der Waals surface area contributed by atoms with Crippen molar-refractivity contribution in [3.05, 3.63) is 54.1 Å². The Balaban J connectivity index is 1.99. The van der Waals surface area contributed by atoms with Crippen LogP contribution >= 0.6 is 0 Å². The molecule has 2 heteroatoms. The van der Waals surface area contributed by atoms with Crippen molar-refractivity contribution < 1.29 is 9.53 Å². The molecule has 0 amide bonds. The molecule has 0 bridgehead atoms. The summed E-state index contributed by atoms with van der Waals surface area (Å²) in [5.74, 6) is 1.01. The zero-order valence-corrected chi connectivity index (χ0v) is 12.8. The zero-order valence-electron chi connectivity index (χ0n) is 12.8. The molecule has 0 aromatic heterocycles. The molecule has 0 heterocycles. The molecule has 0 atom stereocenters. The first-order valence-electron chi connectivity index (χ1n) is 7.55. The number of carbonyl (C=O) groups is 1. The lowest BCUT2D eigenvalue weighted by Crippen LogP contribution is -1.96. The molecule has 2 aromatic carbocycles. The molecule has 0 aliphatic heterocycles. The summed E-state index contributed by atoms with van der Waals surface area (Å²) in [4.78, 5) is 11.3. The molecule has 0 saturated heterocycles. The predicted molar refractivity (Wildman–Crippen MR) is 86.9 cm³/mol. The molecule has 0 fully saturated rings. The van der Waals surface area contributed by atoms with Gasteiger partial charge in [-0.2, -0.15) is 0 Å². The molecule has 2 rings (SSSR count). The number of hydrogen-bond donors (Lipinski definition) is 0. The van der Waals surface area contributed by atoms with Crippen LogP contribution in [0, 0.1) is 0 Å². The van der Waals surface area contributed by atoms with Gasteiger partial charge in [-0.25, -0.2) is 0 Å². The fraction of sp³-hybridized carbons (Fsp3) is 0.316. The highest BCUT2D eigenvalue weighted by Gasteiger charge is 2.02. The van der Waals surface area contributed by atoms with Gasteiger partial charge in [-0.05, 0) is 36.6 Å². The molecule has 0 N–H and O–H groups in total. The second kappa shape index (κ2) is 7.63. The summed E-state index contributed by atoms with van der Waals surface area (Å²) in [5.41, 5.74) is 2.98. The number of carbonyl (C=O) groups excluding carboxylic acids is 1. The van der Waals surface area contributed by atoms with Crippen LogP contribution < -0.4 is 4.74 Å². The minimum atomic E-state index is 0.0948. The van der Waals surface area contributed by atoms with Crippen molar-refractivity contribution in [2.75, 3.05) is 6.61 Å². The Morgan fingerprint density at radius 1 is 0.905 bits per heavy atom. The highest BCUT2D eigenvalue weighted by Crippen LogP contribution is 2.23. The maximum absolute atomic E-state index is 11.3. The molecule has 0 saturated carbocycles. The smallest absolute Gasteiger partial charge is 0.159 e. The van der Waals surface area contributed by atoms with Crippen molar-refractivity contribution >= 4 is 5.78 Å². The molecule has 0 radical (unpaired) electrons. The van der Waals surface area contributed by atoms with E-state index in [4.69, 9.17) is 4.74 Å². The van der Waals surface area contributed by atoms with Gasteiger partial charge in [0.1, 0.15) is 5.75 Å². The Morgan fingerprint density at radius 2 is 1.48 bits per heavy atom. The van der Waals surface area contributed by atoms with Crippen LogP contribution in [0.4, 0.5) is 0 Å². The first-order valence-corrected chi connectivity index (χ1v) is 7.55. The first-order chi connectivity index (χ1) is 10.2. The van der Waals surface area contributed by atoms with Crippen molar-refractivity contribution in [1.29, 1.82) is 0 Å². The minimum absolute atomic E-state index is 0.0948. The molecule has 21 heavy (non-hydrogen) atoms. The zero-order chi connectivity index (χ0) is 15.1. The molecule has 2 nitrogen and oxygen atoms in total. The van der Waals surface area contributed by atoms with E-state index in [0.717, 1.165) is 35.5 Å². The number of unbranched alkanes of at least 4 members (excludes halogenated alkanes) is 2. The average molecular weight is 282 g/mol. The van der Waals surface area contributed by atoms with Crippen molar-refractivity contribution in [3.63, 3.8) is 0 Å². The summed E-state index contributed by atoms with van der Waals surface area (Å²) in [6.07, 6.45) is 3.52. The SMILES string of the molecule is CCCCCOc1ccc(-c2ccc(C(C)=O)cc2)cc1. The molecule has 2 aromatic rings. The molecule has 0 unspecified atom stereocenters. The van der Waals surface area contributed by atoms with Gasteiger partial charge in [-0.15, -0.1) is 0 Å². The molecule has 0 aliphatic rings. The Hall–Kier alpha value is -2.09. The predicted octanol–water partition coefficient (Wildman–Crippen LogP) is 5.13. The Labute approximate surface area is 126 Å². The highest BCUT2D eigenvalue weighted by atomic mass is 16.5. The van der Waals surface area contributed by atoms with E-state index in [-0.39, 0.29) is 5.78 Å². The normalized spacial score (nSPS) is 10.4. The first kappa shape index (κ1) is 15.3. The van der Waals surface area contributed by atoms with Gasteiger partial charge < -0.3 is 4.74 Å². The summed E-state index contributed by atoms with van der Waals surface area (Å²) in [6, 6.07) is 15.8. The maximum atomic E-state index is 11.3. The average Bonchev–Trinajstić information content (AvgIpc) is 2.52. The fourth-order valence-electron chi connectivity index (χ4n) is 2.18. The summed E-state index contributed by atoms with van der Waals surface area (Å²) in [7, 11) is 0. The van der Waals surface area contributed by atoms with E-state index in [0.29, 0.717) is 0 Å². The van der Waals surface area contributed by atoms with Crippen LogP contribution in [0.2, 0.25) is 0 Å². The second-order valence-electron chi connectivity index (χ2n) is 5.21. The third kappa shape index (κ3) is 4.45. The second-order valence-corrected chi connectivity index (χ2v) is 5.21. The van der Waals surface area contributed by atoms with Crippen LogP contribution in [-0.4, -0.2) is 12.4 Å². The van der Waals surface area contributed by atoms with Crippen LogP contribution in [-0.2, 0) is 0 Å². The lowest BCUT2D eigenvalue weighted by molar-refractivity contribution is 0.101. The van der Waals surface area contributed by atoms with Gasteiger partial charge in [0.05, 0.1) is 6.61 Å². The molecule has 110 valence electrons. The van der Waals surface area contributed by atoms with E-state index in [9.17, 15) is 4.79 Å². The number of benzene rings is 2. The summed E-state index contributed by atoms with van der Waals surface area (Å²) >= 11 is 0. The van der Waals surface area contributed by atoms with E-state index < -0.39 is 0 Å². The fourth-order valence-corrected chi connectivity index (χ4v) is 2.18. The summed E-state index contributed by atoms with van der Waals surface area (Å²) < 4.78 is 5.70. The topological polar surface area (TPSA) is 26.3 Å². The van der Waals surface area contributed by atoms with Gasteiger partial charge in [0.15, 0.2) is 5.78 Å². The van der Waals surface area contributed by atoms with Crippen LogP contribution in [0.5, 0.6) is 5.75 Å². The van der Waals surface area contributed by atoms with Crippen LogP contribution in [0.15, 0.2) is 48.5 Å². The number of rotatable bonds is 7. The maximum Gasteiger partial charge on any atom is 0.159 e. The lowest BCUT2D eigenvalue weighted by atomic mass is 10.0. The third-order valence-electron chi connectivity index (χ3n) is 3.50. The highest BCUT2D eigenvalue weighted by molar-refractivity contribution is 5.94. The van der Waals surface area contributed by atoms with Crippen molar-refractivity contribution in [3.8, 4) is 16.9 Å². The monoisotopic (exact) mass is 282 g/mol. The molecular weight excluding hydrogens is 260 g/mol. The number of ketones is 1. The Bertz CT molecular complexity index is 568. The van der Waals surface area contributed by atoms with Crippen LogP contribution in [0.1, 0.15) is 43.5 Å². The third-order valence-corrected chi connectivity index (χ3v) is 3.50. The van der Waals surface area contributed by atoms with Gasteiger partial charge in [0.25, 0.3) is 0 Å². The lowest BCUT2D eigenvalue weighted by Gasteiger charge is -2.07. The standard InChI is InChI=1S/C19H22O2/c1-3-4-5-14-21-19-12-10-18(11-13-19)17-8-6-16(7-9-17)15(2)20/h6-13H,3-5,14H2,1-2H3. The summed E-state index contributed by atoms with van der Waals surface area (Å²) in [5, 5.41) is 0. The van der Waals surface area contributed by atoms with Gasteiger partial charge in [0.2, 0.25) is 0 Å². The van der Waals surface area contributed by atoms with E-state index in [2.05, 4.69) is 19.1 Å². The number of ether oxygens (including phenoxy) is 1. The number of Topliss-reactive ketones (excluding diaryl/α,β-unsaturated/α-hetero) is 1. The van der Waals surface area contributed by atoms with Crippen molar-refractivity contribution in [1.82, 2.24) is 0 Å². The van der Waals surface area contributed by atoms with E-state index >= 15 is 0 Å². The van der Waals surface area contributed by atoms with Gasteiger partial charge >= 0.3 is 0 Å². The van der Waals surface area contributed by atoms with Crippen molar-refractivity contribution in [2.24, 2.45) is 0 Å². The minimum Gasteiger partial charge on any atom is -0.494 e. The molecule has 0 spiro atoms. The van der Waals surface area contributed by atoms with E-state index in [1.165, 1.54) is 12.8 Å². The van der Waals surface area contributed by atoms with Gasteiger partial charge in [-0.3, -0.25) is 4.79 Å². The van der Waals surface area contributed by atoms with E-state index in [1.807, 2.05) is 36.4 Å². The van der Waals surface area contributed by atoms with E-state index in [1.54, 1.807) is 6.92 Å². The summed E-state index contributed by atoms with van der Waals surface area (Å²) in [6.45, 7) is 4.55. The van der Waals surface area contributed by atoms with Crippen LogP contribution in [0.25, 0.3) is 11.1 Å². The Kier molecular flexibility index (Phi) is 5.56. The Morgan fingerprint density at radius 3 is 2.00 bits per heavy atom. The number of hydrogen-bond acceptors (Lipinski definition) is 2. The van der Waals surface area contributed by atoms with Crippen LogP contribution in [0.3, 0.4) is 0 Å². The quantitative estimate of drug-likeness (QED) is 0.520. The van der Waals surface area contributed by atoms with Crippen molar-refractivity contribution in [2.45, 2.75) is 33.1 Å². The molecule has 0 aliphatic carbocycles. The van der Waals surface area contributed by atoms with Gasteiger partial charge in [0, 0.05) is 5.56 Å². The molecular formula is C19H22O2. The van der Waals surface area contributed by atoms with Gasteiger partial charge in [-0.1, -0.05) is 56.2 Å². The largest absolute Gasteiger partial charge is 0.494 e.